The molecule has 0 saturated carbocycles. The number of halogens is 3. The molecule has 3 nitrogen and oxygen atoms in total. The van der Waals surface area contributed by atoms with Crippen LogP contribution in [0.25, 0.3) is 6.08 Å². The normalized spacial score (nSPS) is 18.5. The van der Waals surface area contributed by atoms with E-state index in [2.05, 4.69) is 0 Å². The van der Waals surface area contributed by atoms with E-state index in [9.17, 15) is 26.4 Å². The fraction of sp³-hybridized carbons (Fsp3) is 0.118. The highest BCUT2D eigenvalue weighted by Crippen LogP contribution is 2.32. The molecule has 1 heterocycles. The summed E-state index contributed by atoms with van der Waals surface area (Å²) in [5.41, 5.74) is -0.735. The van der Waals surface area contributed by atoms with Gasteiger partial charge in [-0.25, -0.2) is 8.42 Å². The molecule has 2 aromatic carbocycles. The van der Waals surface area contributed by atoms with Crippen molar-refractivity contribution in [1.82, 2.24) is 0 Å². The topological polar surface area (TPSA) is 51.2 Å². The van der Waals surface area contributed by atoms with E-state index < -0.39 is 33.1 Å². The summed E-state index contributed by atoms with van der Waals surface area (Å²) in [6.45, 7) is 0. The lowest BCUT2D eigenvalue weighted by atomic mass is 10.0. The fourth-order valence-electron chi connectivity index (χ4n) is 2.56. The maximum atomic E-state index is 12.8. The lowest BCUT2D eigenvalue weighted by Crippen LogP contribution is -2.24. The predicted molar refractivity (Wildman–Crippen MR) is 82.2 cm³/mol. The number of Topliss-reactive ketones (excluding diaryl/α,β-unsaturated/α-hetero) is 1. The lowest BCUT2D eigenvalue weighted by Gasteiger charge is -2.17. The van der Waals surface area contributed by atoms with Crippen molar-refractivity contribution in [2.45, 2.75) is 11.1 Å². The van der Waals surface area contributed by atoms with Crippen molar-refractivity contribution < 1.29 is 26.4 Å². The van der Waals surface area contributed by atoms with E-state index in [1.807, 2.05) is 0 Å². The second kappa shape index (κ2) is 5.59. The number of sulfone groups is 1. The van der Waals surface area contributed by atoms with Crippen molar-refractivity contribution in [3.05, 3.63) is 70.8 Å². The van der Waals surface area contributed by atoms with E-state index in [4.69, 9.17) is 0 Å². The van der Waals surface area contributed by atoms with Crippen molar-refractivity contribution >= 4 is 21.7 Å². The summed E-state index contributed by atoms with van der Waals surface area (Å²) in [6.07, 6.45) is -3.31. The Morgan fingerprint density at radius 3 is 2.42 bits per heavy atom. The third-order valence-corrected chi connectivity index (χ3v) is 5.38. The Labute approximate surface area is 136 Å². The van der Waals surface area contributed by atoms with Crippen LogP contribution >= 0.6 is 0 Å². The molecular formula is C17H11F3O3S. The van der Waals surface area contributed by atoms with Gasteiger partial charge in [0.1, 0.15) is 0 Å². The minimum atomic E-state index is -4.51. The van der Waals surface area contributed by atoms with Crippen LogP contribution in [0.15, 0.2) is 59.0 Å². The van der Waals surface area contributed by atoms with Crippen molar-refractivity contribution in [1.29, 1.82) is 0 Å². The first-order chi connectivity index (χ1) is 11.2. The molecule has 1 aliphatic heterocycles. The van der Waals surface area contributed by atoms with Crippen molar-refractivity contribution in [2.75, 3.05) is 5.75 Å². The quantitative estimate of drug-likeness (QED) is 0.735. The number of carbonyl (C=O) groups excluding carboxylic acids is 1. The molecular weight excluding hydrogens is 341 g/mol. The van der Waals surface area contributed by atoms with Crippen LogP contribution < -0.4 is 0 Å². The first kappa shape index (κ1) is 16.4. The molecule has 2 aromatic rings. The monoisotopic (exact) mass is 352 g/mol. The average molecular weight is 352 g/mol. The van der Waals surface area contributed by atoms with Crippen LogP contribution in [0.2, 0.25) is 0 Å². The Hall–Kier alpha value is -2.41. The van der Waals surface area contributed by atoms with Gasteiger partial charge < -0.3 is 0 Å². The van der Waals surface area contributed by atoms with Gasteiger partial charge >= 0.3 is 6.18 Å². The number of rotatable bonds is 1. The first-order valence-electron chi connectivity index (χ1n) is 6.93. The third kappa shape index (κ3) is 2.99. The number of hydrogen-bond donors (Lipinski definition) is 0. The van der Waals surface area contributed by atoms with Gasteiger partial charge in [-0.2, -0.15) is 13.2 Å². The Bertz CT molecular complexity index is 957. The maximum Gasteiger partial charge on any atom is 0.416 e. The molecule has 0 unspecified atom stereocenters. The Morgan fingerprint density at radius 2 is 1.71 bits per heavy atom. The van der Waals surface area contributed by atoms with Gasteiger partial charge in [0.25, 0.3) is 0 Å². The molecule has 124 valence electrons. The largest absolute Gasteiger partial charge is 0.416 e. The molecule has 1 aliphatic rings. The van der Waals surface area contributed by atoms with Gasteiger partial charge in [-0.1, -0.05) is 24.3 Å². The smallest absolute Gasteiger partial charge is 0.289 e. The Kier molecular flexibility index (Phi) is 3.83. The molecule has 0 fully saturated rings. The predicted octanol–water partition coefficient (Wildman–Crippen LogP) is 3.76. The number of alkyl halides is 3. The molecule has 0 bridgehead atoms. The third-order valence-electron chi connectivity index (χ3n) is 3.66. The minimum Gasteiger partial charge on any atom is -0.289 e. The van der Waals surface area contributed by atoms with Gasteiger partial charge in [0.2, 0.25) is 0 Å². The zero-order valence-corrected chi connectivity index (χ0v) is 13.0. The van der Waals surface area contributed by atoms with Crippen LogP contribution in [0.3, 0.4) is 0 Å². The van der Waals surface area contributed by atoms with E-state index in [-0.39, 0.29) is 21.6 Å². The second-order valence-corrected chi connectivity index (χ2v) is 7.34. The molecule has 3 rings (SSSR count). The Balaban J connectivity index is 2.09. The summed E-state index contributed by atoms with van der Waals surface area (Å²) in [6, 6.07) is 10.2. The number of ketones is 1. The highest BCUT2D eigenvalue weighted by Gasteiger charge is 2.33. The van der Waals surface area contributed by atoms with Gasteiger partial charge in [-0.15, -0.1) is 0 Å². The molecule has 0 N–H and O–H groups in total. The standard InChI is InChI=1S/C17H11F3O3S/c18-17(19,20)13-5-3-4-11(9-13)8-12-10-24(22,23)15-7-2-1-6-14(15)16(12)21/h1-9H,10H2/b12-8+. The van der Waals surface area contributed by atoms with Crippen molar-refractivity contribution in [2.24, 2.45) is 0 Å². The van der Waals surface area contributed by atoms with E-state index >= 15 is 0 Å². The van der Waals surface area contributed by atoms with Crippen LogP contribution in [0.1, 0.15) is 21.5 Å². The van der Waals surface area contributed by atoms with Crippen LogP contribution in [0.5, 0.6) is 0 Å². The molecule has 0 aromatic heterocycles. The van der Waals surface area contributed by atoms with Crippen LogP contribution in [-0.2, 0) is 16.0 Å². The van der Waals surface area contributed by atoms with E-state index in [0.717, 1.165) is 12.1 Å². The first-order valence-corrected chi connectivity index (χ1v) is 8.58. The maximum absolute atomic E-state index is 12.8. The van der Waals surface area contributed by atoms with E-state index in [0.29, 0.717) is 0 Å². The molecule has 0 saturated heterocycles. The molecule has 24 heavy (non-hydrogen) atoms. The summed E-state index contributed by atoms with van der Waals surface area (Å²) in [7, 11) is -3.69. The number of benzene rings is 2. The average Bonchev–Trinajstić information content (AvgIpc) is 2.52. The fourth-order valence-corrected chi connectivity index (χ4v) is 4.12. The SMILES string of the molecule is O=C1/C(=C/c2cccc(C(F)(F)F)c2)CS(=O)(=O)c2ccccc21. The molecule has 0 atom stereocenters. The number of hydrogen-bond acceptors (Lipinski definition) is 3. The number of carbonyl (C=O) groups is 1. The van der Waals surface area contributed by atoms with E-state index in [1.54, 1.807) is 6.07 Å². The Morgan fingerprint density at radius 1 is 1.00 bits per heavy atom. The van der Waals surface area contributed by atoms with Gasteiger partial charge in [0.15, 0.2) is 15.6 Å². The molecule has 0 radical (unpaired) electrons. The zero-order chi connectivity index (χ0) is 17.5. The van der Waals surface area contributed by atoms with Crippen LogP contribution in [0.4, 0.5) is 13.2 Å². The van der Waals surface area contributed by atoms with E-state index in [1.165, 1.54) is 36.4 Å². The summed E-state index contributed by atoms with van der Waals surface area (Å²) in [5.74, 6) is -1.02. The summed E-state index contributed by atoms with van der Waals surface area (Å²) in [4.78, 5) is 12.4. The number of fused-ring (bicyclic) bond motifs is 1. The lowest BCUT2D eigenvalue weighted by molar-refractivity contribution is -0.137. The highest BCUT2D eigenvalue weighted by molar-refractivity contribution is 7.91. The van der Waals surface area contributed by atoms with Crippen molar-refractivity contribution in [3.8, 4) is 0 Å². The minimum absolute atomic E-state index is 0.0435. The van der Waals surface area contributed by atoms with Gasteiger partial charge in [-0.05, 0) is 35.9 Å². The van der Waals surface area contributed by atoms with Gasteiger partial charge in [-0.3, -0.25) is 4.79 Å². The van der Waals surface area contributed by atoms with Gasteiger partial charge in [0, 0.05) is 11.1 Å². The molecule has 0 aliphatic carbocycles. The van der Waals surface area contributed by atoms with Crippen molar-refractivity contribution in [3.63, 3.8) is 0 Å². The van der Waals surface area contributed by atoms with Crippen LogP contribution in [-0.4, -0.2) is 20.0 Å². The summed E-state index contributed by atoms with van der Waals surface area (Å²) < 4.78 is 62.8. The summed E-state index contributed by atoms with van der Waals surface area (Å²) in [5, 5.41) is 0. The van der Waals surface area contributed by atoms with Gasteiger partial charge in [0.05, 0.1) is 16.2 Å². The molecule has 7 heteroatoms. The summed E-state index contributed by atoms with van der Waals surface area (Å²) >= 11 is 0. The second-order valence-electron chi connectivity index (χ2n) is 5.38. The molecule has 0 spiro atoms. The highest BCUT2D eigenvalue weighted by atomic mass is 32.2. The van der Waals surface area contributed by atoms with Crippen LogP contribution in [0, 0.1) is 0 Å². The molecule has 0 amide bonds. The zero-order valence-electron chi connectivity index (χ0n) is 12.2.